The summed E-state index contributed by atoms with van der Waals surface area (Å²) in [5.41, 5.74) is 6.02. The van der Waals surface area contributed by atoms with Gasteiger partial charge < -0.3 is 0 Å². The Morgan fingerprint density at radius 3 is 2.44 bits per heavy atom. The number of thioether (sulfide) groups is 1. The first kappa shape index (κ1) is 15.0. The average Bonchev–Trinajstić information content (AvgIpc) is 2.96. The van der Waals surface area contributed by atoms with Crippen molar-refractivity contribution in [1.82, 2.24) is 0 Å². The molecule has 5 rings (SSSR count). The van der Waals surface area contributed by atoms with Gasteiger partial charge in [-0.05, 0) is 46.5 Å². The molecule has 0 N–H and O–H groups in total. The van der Waals surface area contributed by atoms with E-state index in [1.165, 1.54) is 5.56 Å². The van der Waals surface area contributed by atoms with E-state index in [2.05, 4.69) is 18.2 Å². The van der Waals surface area contributed by atoms with Crippen LogP contribution in [0.1, 0.15) is 32.3 Å². The number of halogens is 1. The molecule has 0 amide bonds. The quantitative estimate of drug-likeness (QED) is 0.515. The maximum absolute atomic E-state index is 13.3. The summed E-state index contributed by atoms with van der Waals surface area (Å²) in [6, 6.07) is 24.0. The summed E-state index contributed by atoms with van der Waals surface area (Å²) in [7, 11) is 0. The third-order valence-corrected chi connectivity index (χ3v) is 6.35. The van der Waals surface area contributed by atoms with E-state index >= 15 is 0 Å². The molecule has 1 heterocycles. The van der Waals surface area contributed by atoms with Crippen LogP contribution < -0.4 is 0 Å². The molecule has 1 aliphatic heterocycles. The molecule has 1 unspecified atom stereocenters. The van der Waals surface area contributed by atoms with Gasteiger partial charge in [0.2, 0.25) is 0 Å². The maximum atomic E-state index is 13.3. The van der Waals surface area contributed by atoms with Crippen LogP contribution in [-0.2, 0) is 0 Å². The zero-order valence-electron chi connectivity index (χ0n) is 13.2. The Morgan fingerprint density at radius 1 is 0.840 bits per heavy atom. The van der Waals surface area contributed by atoms with Crippen molar-refractivity contribution < 1.29 is 4.79 Å². The summed E-state index contributed by atoms with van der Waals surface area (Å²) in [5, 5.41) is 0.728. The number of carbonyl (C=O) groups excluding carboxylic acids is 1. The van der Waals surface area contributed by atoms with Crippen LogP contribution in [0.15, 0.2) is 83.3 Å². The molecule has 1 nitrogen and oxygen atoms in total. The van der Waals surface area contributed by atoms with Crippen LogP contribution in [0.3, 0.4) is 0 Å². The Balaban J connectivity index is 1.83. The van der Waals surface area contributed by atoms with Crippen molar-refractivity contribution in [3.05, 3.63) is 106 Å². The summed E-state index contributed by atoms with van der Waals surface area (Å²) in [6.45, 7) is 0. The van der Waals surface area contributed by atoms with Crippen molar-refractivity contribution in [2.24, 2.45) is 0 Å². The minimum absolute atomic E-state index is 0.0323. The molecule has 3 aromatic rings. The molecule has 0 fully saturated rings. The first-order valence-electron chi connectivity index (χ1n) is 8.14. The summed E-state index contributed by atoms with van der Waals surface area (Å²) in [4.78, 5) is 14.4. The van der Waals surface area contributed by atoms with Gasteiger partial charge in [0.1, 0.15) is 0 Å². The number of hydrogen-bond donors (Lipinski definition) is 0. The van der Waals surface area contributed by atoms with E-state index in [1.54, 1.807) is 11.8 Å². The molecule has 0 radical (unpaired) electrons. The largest absolute Gasteiger partial charge is 0.289 e. The Kier molecular flexibility index (Phi) is 3.37. The van der Waals surface area contributed by atoms with Crippen molar-refractivity contribution in [1.29, 1.82) is 0 Å². The van der Waals surface area contributed by atoms with Crippen molar-refractivity contribution in [3.63, 3.8) is 0 Å². The number of benzene rings is 3. The second-order valence-corrected chi connectivity index (χ2v) is 7.79. The number of ketones is 1. The van der Waals surface area contributed by atoms with Crippen molar-refractivity contribution in [3.8, 4) is 0 Å². The molecule has 3 aromatic carbocycles. The molecule has 0 saturated carbocycles. The molecule has 1 atom stereocenters. The predicted octanol–water partition coefficient (Wildman–Crippen LogP) is 6.19. The summed E-state index contributed by atoms with van der Waals surface area (Å²) in [5.74, 6) is 0.130. The highest BCUT2D eigenvalue weighted by atomic mass is 35.5. The van der Waals surface area contributed by atoms with E-state index in [0.29, 0.717) is 5.02 Å². The fraction of sp³-hybridized carbons (Fsp3) is 0.0455. The molecule has 25 heavy (non-hydrogen) atoms. The fourth-order valence-electron chi connectivity index (χ4n) is 3.71. The van der Waals surface area contributed by atoms with E-state index in [9.17, 15) is 4.79 Å². The number of rotatable bonds is 1. The fourth-order valence-corrected chi connectivity index (χ4v) is 5.25. The first-order chi connectivity index (χ1) is 12.2. The molecule has 1 aliphatic carbocycles. The Bertz CT molecular complexity index is 1050. The highest BCUT2D eigenvalue weighted by Gasteiger charge is 2.40. The predicted molar refractivity (Wildman–Crippen MR) is 103 cm³/mol. The Morgan fingerprint density at radius 2 is 1.60 bits per heavy atom. The normalized spacial score (nSPS) is 18.0. The molecule has 2 aliphatic rings. The van der Waals surface area contributed by atoms with Gasteiger partial charge in [-0.3, -0.25) is 4.79 Å². The zero-order valence-corrected chi connectivity index (χ0v) is 14.8. The molecule has 120 valence electrons. The highest BCUT2D eigenvalue weighted by Crippen LogP contribution is 2.56. The lowest BCUT2D eigenvalue weighted by molar-refractivity contribution is 0.102. The van der Waals surface area contributed by atoms with Crippen LogP contribution in [-0.4, -0.2) is 5.78 Å². The van der Waals surface area contributed by atoms with Gasteiger partial charge in [-0.15, -0.1) is 11.8 Å². The topological polar surface area (TPSA) is 17.1 Å². The second kappa shape index (κ2) is 5.62. The lowest BCUT2D eigenvalue weighted by Crippen LogP contribution is -2.14. The van der Waals surface area contributed by atoms with E-state index < -0.39 is 0 Å². The van der Waals surface area contributed by atoms with Gasteiger partial charge in [-0.25, -0.2) is 0 Å². The number of carbonyl (C=O) groups is 1. The summed E-state index contributed by atoms with van der Waals surface area (Å²) >= 11 is 8.04. The molecule has 0 bridgehead atoms. The number of hydrogen-bond acceptors (Lipinski definition) is 2. The second-order valence-electron chi connectivity index (χ2n) is 6.21. The van der Waals surface area contributed by atoms with E-state index in [1.807, 2.05) is 54.6 Å². The molecule has 0 spiro atoms. The summed E-state index contributed by atoms with van der Waals surface area (Å²) in [6.07, 6.45) is 0. The first-order valence-corrected chi connectivity index (χ1v) is 9.39. The SMILES string of the molecule is O=C1C2=C(c3ccccc3)c3cc(Cl)ccc3C2Sc2ccccc21. The van der Waals surface area contributed by atoms with Gasteiger partial charge in [0.25, 0.3) is 0 Å². The lowest BCUT2D eigenvalue weighted by Gasteiger charge is -2.23. The smallest absolute Gasteiger partial charge is 0.192 e. The van der Waals surface area contributed by atoms with Gasteiger partial charge >= 0.3 is 0 Å². The standard InChI is InChI=1S/C22H13ClOS/c23-14-10-11-15-17(12-14)19(13-6-2-1-3-7-13)20-21(24)16-8-4-5-9-18(16)25-22(15)20/h1-12,22H. The lowest BCUT2D eigenvalue weighted by atomic mass is 9.93. The zero-order chi connectivity index (χ0) is 17.0. The van der Waals surface area contributed by atoms with Crippen LogP contribution in [0.25, 0.3) is 5.57 Å². The van der Waals surface area contributed by atoms with E-state index in [-0.39, 0.29) is 11.0 Å². The van der Waals surface area contributed by atoms with Crippen molar-refractivity contribution in [2.75, 3.05) is 0 Å². The molecular weight excluding hydrogens is 348 g/mol. The van der Waals surface area contributed by atoms with Gasteiger partial charge in [0.05, 0.1) is 5.25 Å². The average molecular weight is 361 g/mol. The van der Waals surface area contributed by atoms with Gasteiger partial charge in [-0.2, -0.15) is 0 Å². The maximum Gasteiger partial charge on any atom is 0.192 e. The minimum atomic E-state index is 0.0323. The minimum Gasteiger partial charge on any atom is -0.289 e. The molecule has 0 saturated heterocycles. The molecule has 3 heteroatoms. The third-order valence-electron chi connectivity index (χ3n) is 4.78. The molecular formula is C22H13ClOS. The monoisotopic (exact) mass is 360 g/mol. The van der Waals surface area contributed by atoms with Gasteiger partial charge in [0, 0.05) is 21.1 Å². The van der Waals surface area contributed by atoms with Crippen LogP contribution in [0.4, 0.5) is 0 Å². The highest BCUT2D eigenvalue weighted by molar-refractivity contribution is 8.00. The number of fused-ring (bicyclic) bond motifs is 4. The van der Waals surface area contributed by atoms with Crippen LogP contribution in [0.5, 0.6) is 0 Å². The van der Waals surface area contributed by atoms with Crippen LogP contribution in [0.2, 0.25) is 5.02 Å². The third kappa shape index (κ3) is 2.21. The van der Waals surface area contributed by atoms with Crippen LogP contribution in [0, 0.1) is 0 Å². The molecule has 0 aromatic heterocycles. The van der Waals surface area contributed by atoms with E-state index in [4.69, 9.17) is 11.6 Å². The van der Waals surface area contributed by atoms with Crippen LogP contribution >= 0.6 is 23.4 Å². The van der Waals surface area contributed by atoms with Gasteiger partial charge in [0.15, 0.2) is 5.78 Å². The van der Waals surface area contributed by atoms with E-state index in [0.717, 1.165) is 32.7 Å². The summed E-state index contributed by atoms with van der Waals surface area (Å²) < 4.78 is 0. The van der Waals surface area contributed by atoms with Crippen molar-refractivity contribution >= 4 is 34.7 Å². The number of Topliss-reactive ketones (excluding diaryl/α,β-unsaturated/α-hetero) is 1. The van der Waals surface area contributed by atoms with Crippen molar-refractivity contribution in [2.45, 2.75) is 10.1 Å². The van der Waals surface area contributed by atoms with Gasteiger partial charge in [-0.1, -0.05) is 60.1 Å². The Labute approximate surface area is 155 Å². The Hall–Kier alpha value is -2.29.